The largest absolute Gasteiger partial charge is 0.480 e. The number of carboxylic acid groups (broad SMARTS) is 1. The van der Waals surface area contributed by atoms with Crippen LogP contribution in [0.3, 0.4) is 0 Å². The zero-order valence-corrected chi connectivity index (χ0v) is 12.3. The van der Waals surface area contributed by atoms with Gasteiger partial charge < -0.3 is 15.7 Å². The Bertz CT molecular complexity index is 332. The summed E-state index contributed by atoms with van der Waals surface area (Å²) < 4.78 is 0. The van der Waals surface area contributed by atoms with E-state index in [0.717, 1.165) is 12.8 Å². The molecule has 1 aliphatic rings. The number of carboxylic acids is 1. The van der Waals surface area contributed by atoms with Gasteiger partial charge in [-0.05, 0) is 12.8 Å². The van der Waals surface area contributed by atoms with Crippen LogP contribution in [0.15, 0.2) is 0 Å². The lowest BCUT2D eigenvalue weighted by Gasteiger charge is -2.22. The van der Waals surface area contributed by atoms with Crippen molar-refractivity contribution < 1.29 is 19.5 Å². The minimum absolute atomic E-state index is 0.0274. The number of hydrogen-bond donors (Lipinski definition) is 3. The zero-order valence-electron chi connectivity index (χ0n) is 11.5. The van der Waals surface area contributed by atoms with Crippen molar-refractivity contribution in [2.24, 2.45) is 0 Å². The van der Waals surface area contributed by atoms with Crippen molar-refractivity contribution in [3.63, 3.8) is 0 Å². The Hall–Kier alpha value is -1.24. The fraction of sp³-hybridized carbons (Fsp3) is 0.769. The van der Waals surface area contributed by atoms with E-state index in [1.54, 1.807) is 0 Å². The molecule has 0 aromatic carbocycles. The van der Waals surface area contributed by atoms with Gasteiger partial charge in [-0.3, -0.25) is 9.59 Å². The van der Waals surface area contributed by atoms with Crippen LogP contribution in [0.2, 0.25) is 0 Å². The van der Waals surface area contributed by atoms with Gasteiger partial charge in [0, 0.05) is 24.0 Å². The van der Waals surface area contributed by atoms with Gasteiger partial charge in [0.05, 0.1) is 0 Å². The van der Waals surface area contributed by atoms with Crippen molar-refractivity contribution in [3.05, 3.63) is 0 Å². The predicted octanol–water partition coefficient (Wildman–Crippen LogP) is 0.758. The summed E-state index contributed by atoms with van der Waals surface area (Å²) in [5.41, 5.74) is 0. The minimum Gasteiger partial charge on any atom is -0.480 e. The summed E-state index contributed by atoms with van der Waals surface area (Å²) in [4.78, 5) is 32.7. The highest BCUT2D eigenvalue weighted by molar-refractivity contribution is 7.99. The summed E-state index contributed by atoms with van der Waals surface area (Å²) in [5.74, 6) is -0.205. The van der Waals surface area contributed by atoms with E-state index >= 15 is 0 Å². The second kappa shape index (κ2) is 9.63. The molecular weight excluding hydrogens is 280 g/mol. The van der Waals surface area contributed by atoms with Crippen LogP contribution in [-0.4, -0.2) is 47.0 Å². The highest BCUT2D eigenvalue weighted by Crippen LogP contribution is 2.17. The summed E-state index contributed by atoms with van der Waals surface area (Å²) in [5, 5.41) is 14.1. The van der Waals surface area contributed by atoms with Crippen LogP contribution in [0.1, 0.15) is 38.5 Å². The van der Waals surface area contributed by atoms with E-state index in [2.05, 4.69) is 10.6 Å². The average Bonchev–Trinajstić information content (AvgIpc) is 2.43. The van der Waals surface area contributed by atoms with Crippen LogP contribution in [-0.2, 0) is 14.4 Å². The Morgan fingerprint density at radius 2 is 2.00 bits per heavy atom. The molecule has 0 aromatic rings. The van der Waals surface area contributed by atoms with Crippen LogP contribution in [0, 0.1) is 0 Å². The molecule has 6 nitrogen and oxygen atoms in total. The highest BCUT2D eigenvalue weighted by Gasteiger charge is 2.17. The number of amides is 2. The van der Waals surface area contributed by atoms with E-state index in [9.17, 15) is 14.4 Å². The maximum absolute atomic E-state index is 11.7. The Balaban J connectivity index is 2.11. The Labute approximate surface area is 123 Å². The van der Waals surface area contributed by atoms with Gasteiger partial charge >= 0.3 is 5.97 Å². The van der Waals surface area contributed by atoms with E-state index in [-0.39, 0.29) is 11.7 Å². The van der Waals surface area contributed by atoms with Crippen molar-refractivity contribution in [2.75, 3.05) is 11.5 Å². The van der Waals surface area contributed by atoms with Gasteiger partial charge in [0.2, 0.25) is 12.3 Å². The number of thioether (sulfide) groups is 1. The van der Waals surface area contributed by atoms with Crippen molar-refractivity contribution in [1.29, 1.82) is 0 Å². The molecule has 0 aromatic heterocycles. The summed E-state index contributed by atoms with van der Waals surface area (Å²) >= 11 is 1.36. The molecular formula is C13H22N2O4S. The quantitative estimate of drug-likeness (QED) is 0.432. The van der Waals surface area contributed by atoms with Crippen LogP contribution in [0.5, 0.6) is 0 Å². The second-order valence-electron chi connectivity index (χ2n) is 4.90. The third-order valence-corrected chi connectivity index (χ3v) is 4.36. The first-order chi connectivity index (χ1) is 9.63. The molecule has 20 heavy (non-hydrogen) atoms. The number of rotatable bonds is 9. The fourth-order valence-electron chi connectivity index (χ4n) is 2.19. The lowest BCUT2D eigenvalue weighted by Crippen LogP contribution is -2.38. The highest BCUT2D eigenvalue weighted by atomic mass is 32.2. The van der Waals surface area contributed by atoms with Crippen molar-refractivity contribution >= 4 is 30.0 Å². The van der Waals surface area contributed by atoms with Gasteiger partial charge in [-0.25, -0.2) is 4.79 Å². The summed E-state index contributed by atoms with van der Waals surface area (Å²) in [6.45, 7) is 0. The van der Waals surface area contributed by atoms with Gasteiger partial charge in [-0.1, -0.05) is 19.3 Å². The van der Waals surface area contributed by atoms with E-state index < -0.39 is 12.0 Å². The SMILES string of the molecule is O=CNC(CSCCC(=O)NC1CCCCC1)C(=O)O. The second-order valence-corrected chi connectivity index (χ2v) is 6.05. The topological polar surface area (TPSA) is 95.5 Å². The molecule has 0 radical (unpaired) electrons. The lowest BCUT2D eigenvalue weighted by atomic mass is 9.95. The Kier molecular flexibility index (Phi) is 8.10. The summed E-state index contributed by atoms with van der Waals surface area (Å²) in [6, 6.07) is -0.580. The monoisotopic (exact) mass is 302 g/mol. The lowest BCUT2D eigenvalue weighted by molar-refractivity contribution is -0.139. The molecule has 0 aliphatic heterocycles. The molecule has 1 saturated carbocycles. The normalized spacial score (nSPS) is 17.2. The Morgan fingerprint density at radius 3 is 2.60 bits per heavy atom. The molecule has 1 unspecified atom stereocenters. The van der Waals surface area contributed by atoms with Crippen LogP contribution in [0.25, 0.3) is 0 Å². The van der Waals surface area contributed by atoms with Gasteiger partial charge in [-0.2, -0.15) is 11.8 Å². The van der Waals surface area contributed by atoms with Crippen molar-refractivity contribution in [3.8, 4) is 0 Å². The molecule has 1 atom stereocenters. The predicted molar refractivity (Wildman–Crippen MR) is 77.6 cm³/mol. The molecule has 114 valence electrons. The Morgan fingerprint density at radius 1 is 1.30 bits per heavy atom. The van der Waals surface area contributed by atoms with Crippen LogP contribution >= 0.6 is 11.8 Å². The van der Waals surface area contributed by atoms with E-state index in [0.29, 0.717) is 24.6 Å². The average molecular weight is 302 g/mol. The molecule has 0 heterocycles. The molecule has 1 fully saturated rings. The van der Waals surface area contributed by atoms with Gasteiger partial charge in [0.25, 0.3) is 0 Å². The first-order valence-electron chi connectivity index (χ1n) is 6.93. The van der Waals surface area contributed by atoms with Gasteiger partial charge in [-0.15, -0.1) is 0 Å². The first-order valence-corrected chi connectivity index (χ1v) is 8.08. The number of aliphatic carboxylic acids is 1. The van der Waals surface area contributed by atoms with Gasteiger partial charge in [0.15, 0.2) is 0 Å². The molecule has 3 N–H and O–H groups in total. The number of carbonyl (C=O) groups is 3. The van der Waals surface area contributed by atoms with Crippen molar-refractivity contribution in [2.45, 2.75) is 50.6 Å². The number of carbonyl (C=O) groups excluding carboxylic acids is 2. The maximum Gasteiger partial charge on any atom is 0.327 e. The summed E-state index contributed by atoms with van der Waals surface area (Å²) in [6.07, 6.45) is 6.49. The number of nitrogens with one attached hydrogen (secondary N) is 2. The third-order valence-electron chi connectivity index (χ3n) is 3.30. The molecule has 0 bridgehead atoms. The molecule has 7 heteroatoms. The third kappa shape index (κ3) is 6.79. The maximum atomic E-state index is 11.7. The standard InChI is InChI=1S/C13H22N2O4S/c16-9-14-11(13(18)19)8-20-7-6-12(17)15-10-4-2-1-3-5-10/h9-11H,1-8H2,(H,14,16)(H,15,17)(H,18,19). The van der Waals surface area contributed by atoms with Gasteiger partial charge in [0.1, 0.15) is 6.04 Å². The first kappa shape index (κ1) is 16.8. The van der Waals surface area contributed by atoms with E-state index in [1.807, 2.05) is 0 Å². The molecule has 0 saturated heterocycles. The summed E-state index contributed by atoms with van der Waals surface area (Å²) in [7, 11) is 0. The smallest absolute Gasteiger partial charge is 0.327 e. The molecule has 0 spiro atoms. The minimum atomic E-state index is -1.06. The molecule has 1 rings (SSSR count). The number of hydrogen-bond acceptors (Lipinski definition) is 4. The van der Waals surface area contributed by atoms with E-state index in [1.165, 1.54) is 31.0 Å². The molecule has 2 amide bonds. The zero-order chi connectivity index (χ0) is 14.8. The molecule has 1 aliphatic carbocycles. The van der Waals surface area contributed by atoms with Crippen LogP contribution in [0.4, 0.5) is 0 Å². The fourth-order valence-corrected chi connectivity index (χ4v) is 3.16. The van der Waals surface area contributed by atoms with Crippen molar-refractivity contribution in [1.82, 2.24) is 10.6 Å². The van der Waals surface area contributed by atoms with E-state index in [4.69, 9.17) is 5.11 Å². The van der Waals surface area contributed by atoms with Crippen LogP contribution < -0.4 is 10.6 Å².